The molecular weight excluding hydrogens is 226 g/mol. The predicted octanol–water partition coefficient (Wildman–Crippen LogP) is 1.87. The lowest BCUT2D eigenvalue weighted by Crippen LogP contribution is -2.48. The predicted molar refractivity (Wildman–Crippen MR) is 72.8 cm³/mol. The van der Waals surface area contributed by atoms with Gasteiger partial charge in [-0.05, 0) is 17.5 Å². The van der Waals surface area contributed by atoms with Gasteiger partial charge < -0.3 is 9.80 Å². The summed E-state index contributed by atoms with van der Waals surface area (Å²) in [7, 11) is 0. The van der Waals surface area contributed by atoms with Gasteiger partial charge in [0.15, 0.2) is 0 Å². The van der Waals surface area contributed by atoms with Gasteiger partial charge in [0.1, 0.15) is 0 Å². The monoisotopic (exact) mass is 247 g/mol. The van der Waals surface area contributed by atoms with Gasteiger partial charge in [0.05, 0.1) is 11.9 Å². The third-order valence-corrected chi connectivity index (χ3v) is 3.50. The number of hydrogen-bond acceptors (Lipinski definition) is 3. The fourth-order valence-corrected chi connectivity index (χ4v) is 2.21. The average molecular weight is 247 g/mol. The molecule has 4 nitrogen and oxygen atoms in total. The summed E-state index contributed by atoms with van der Waals surface area (Å²) in [4.78, 5) is 19.8. The van der Waals surface area contributed by atoms with Crippen LogP contribution in [0.1, 0.15) is 32.3 Å². The molecule has 0 atom stereocenters. The van der Waals surface area contributed by atoms with Crippen molar-refractivity contribution in [2.45, 2.75) is 26.7 Å². The molecule has 18 heavy (non-hydrogen) atoms. The fraction of sp³-hybridized carbons (Fsp3) is 0.571. The van der Waals surface area contributed by atoms with Crippen molar-refractivity contribution in [3.8, 4) is 0 Å². The summed E-state index contributed by atoms with van der Waals surface area (Å²) in [6.07, 6.45) is 3.84. The van der Waals surface area contributed by atoms with Crippen LogP contribution in [-0.4, -0.2) is 42.0 Å². The number of carbonyl (C=O) groups is 1. The SMILES string of the molecule is CC(=O)N1CCN(c2cncc(C(C)C)c2)CC1. The molecule has 1 aromatic rings. The number of piperazine rings is 1. The molecule has 0 aliphatic carbocycles. The molecule has 1 amide bonds. The largest absolute Gasteiger partial charge is 0.367 e. The van der Waals surface area contributed by atoms with Crippen LogP contribution < -0.4 is 4.90 Å². The van der Waals surface area contributed by atoms with E-state index in [9.17, 15) is 4.79 Å². The highest BCUT2D eigenvalue weighted by atomic mass is 16.2. The average Bonchev–Trinajstić information content (AvgIpc) is 2.39. The lowest BCUT2D eigenvalue weighted by molar-refractivity contribution is -0.129. The quantitative estimate of drug-likeness (QED) is 0.800. The van der Waals surface area contributed by atoms with E-state index in [0.29, 0.717) is 5.92 Å². The van der Waals surface area contributed by atoms with Crippen LogP contribution >= 0.6 is 0 Å². The van der Waals surface area contributed by atoms with Gasteiger partial charge in [-0.1, -0.05) is 13.8 Å². The Morgan fingerprint density at radius 2 is 1.89 bits per heavy atom. The van der Waals surface area contributed by atoms with Crippen molar-refractivity contribution in [3.05, 3.63) is 24.0 Å². The number of rotatable bonds is 2. The molecule has 1 saturated heterocycles. The Bertz CT molecular complexity index is 423. The molecule has 2 heterocycles. The molecule has 1 aliphatic rings. The van der Waals surface area contributed by atoms with Crippen molar-refractivity contribution in [3.63, 3.8) is 0 Å². The number of nitrogens with zero attached hydrogens (tertiary/aromatic N) is 3. The lowest BCUT2D eigenvalue weighted by Gasteiger charge is -2.35. The molecule has 0 spiro atoms. The van der Waals surface area contributed by atoms with E-state index in [2.05, 4.69) is 29.8 Å². The molecule has 2 rings (SSSR count). The van der Waals surface area contributed by atoms with Crippen molar-refractivity contribution in [2.75, 3.05) is 31.1 Å². The summed E-state index contributed by atoms with van der Waals surface area (Å²) < 4.78 is 0. The third-order valence-electron chi connectivity index (χ3n) is 3.50. The van der Waals surface area contributed by atoms with Crippen molar-refractivity contribution in [1.82, 2.24) is 9.88 Å². The molecule has 1 aromatic heterocycles. The van der Waals surface area contributed by atoms with E-state index >= 15 is 0 Å². The maximum atomic E-state index is 11.3. The smallest absolute Gasteiger partial charge is 0.219 e. The molecule has 0 unspecified atom stereocenters. The van der Waals surface area contributed by atoms with Gasteiger partial charge in [0.2, 0.25) is 5.91 Å². The number of hydrogen-bond donors (Lipinski definition) is 0. The van der Waals surface area contributed by atoms with E-state index in [-0.39, 0.29) is 5.91 Å². The van der Waals surface area contributed by atoms with Crippen molar-refractivity contribution < 1.29 is 4.79 Å². The Labute approximate surface area is 109 Å². The minimum atomic E-state index is 0.170. The van der Waals surface area contributed by atoms with Crippen LogP contribution in [0.15, 0.2) is 18.5 Å². The van der Waals surface area contributed by atoms with E-state index in [4.69, 9.17) is 0 Å². The Morgan fingerprint density at radius 3 is 2.44 bits per heavy atom. The normalized spacial score (nSPS) is 16.2. The third kappa shape index (κ3) is 2.81. The summed E-state index contributed by atoms with van der Waals surface area (Å²) in [5.41, 5.74) is 2.44. The van der Waals surface area contributed by atoms with Crippen LogP contribution in [0.2, 0.25) is 0 Å². The zero-order valence-corrected chi connectivity index (χ0v) is 11.4. The van der Waals surface area contributed by atoms with Gasteiger partial charge in [-0.25, -0.2) is 0 Å². The van der Waals surface area contributed by atoms with Crippen molar-refractivity contribution in [1.29, 1.82) is 0 Å². The molecule has 0 radical (unpaired) electrons. The minimum Gasteiger partial charge on any atom is -0.367 e. The second kappa shape index (κ2) is 5.38. The molecule has 98 valence electrons. The summed E-state index contributed by atoms with van der Waals surface area (Å²) in [6, 6.07) is 2.21. The maximum absolute atomic E-state index is 11.3. The summed E-state index contributed by atoms with van der Waals surface area (Å²) >= 11 is 0. The topological polar surface area (TPSA) is 36.4 Å². The summed E-state index contributed by atoms with van der Waals surface area (Å²) in [5, 5.41) is 0. The van der Waals surface area contributed by atoms with Gasteiger partial charge in [-0.2, -0.15) is 0 Å². The number of carbonyl (C=O) groups excluding carboxylic acids is 1. The van der Waals surface area contributed by atoms with Crippen molar-refractivity contribution in [2.24, 2.45) is 0 Å². The van der Waals surface area contributed by atoms with E-state index in [1.807, 2.05) is 17.3 Å². The van der Waals surface area contributed by atoms with E-state index in [1.165, 1.54) is 11.3 Å². The van der Waals surface area contributed by atoms with Gasteiger partial charge in [0.25, 0.3) is 0 Å². The second-order valence-corrected chi connectivity index (χ2v) is 5.12. The molecule has 0 aromatic carbocycles. The molecule has 0 N–H and O–H groups in total. The lowest BCUT2D eigenvalue weighted by atomic mass is 10.1. The Morgan fingerprint density at radius 1 is 1.22 bits per heavy atom. The molecule has 0 bridgehead atoms. The van der Waals surface area contributed by atoms with Crippen LogP contribution in [0, 0.1) is 0 Å². The first-order valence-corrected chi connectivity index (χ1v) is 6.53. The van der Waals surface area contributed by atoms with E-state index in [0.717, 1.165) is 26.2 Å². The standard InChI is InChI=1S/C14H21N3O/c1-11(2)13-8-14(10-15-9-13)17-6-4-16(5-7-17)12(3)18/h8-11H,4-7H2,1-3H3. The van der Waals surface area contributed by atoms with Crippen molar-refractivity contribution >= 4 is 11.6 Å². The van der Waals surface area contributed by atoms with E-state index in [1.54, 1.807) is 6.92 Å². The Hall–Kier alpha value is -1.58. The highest BCUT2D eigenvalue weighted by Gasteiger charge is 2.19. The first kappa shape index (κ1) is 12.9. The number of aromatic nitrogens is 1. The number of amides is 1. The van der Waals surface area contributed by atoms with E-state index < -0.39 is 0 Å². The number of anilines is 1. The fourth-order valence-electron chi connectivity index (χ4n) is 2.21. The summed E-state index contributed by atoms with van der Waals surface area (Å²) in [5.74, 6) is 0.666. The van der Waals surface area contributed by atoms with Gasteiger partial charge in [-0.3, -0.25) is 9.78 Å². The molecule has 1 fully saturated rings. The van der Waals surface area contributed by atoms with Gasteiger partial charge >= 0.3 is 0 Å². The molecule has 0 saturated carbocycles. The Balaban J connectivity index is 2.05. The highest BCUT2D eigenvalue weighted by Crippen LogP contribution is 2.21. The van der Waals surface area contributed by atoms with Crippen LogP contribution in [0.25, 0.3) is 0 Å². The molecule has 4 heteroatoms. The number of pyridine rings is 1. The molecular formula is C14H21N3O. The van der Waals surface area contributed by atoms with Gasteiger partial charge in [-0.15, -0.1) is 0 Å². The zero-order valence-electron chi connectivity index (χ0n) is 11.4. The second-order valence-electron chi connectivity index (χ2n) is 5.12. The van der Waals surface area contributed by atoms with Crippen LogP contribution in [-0.2, 0) is 4.79 Å². The Kier molecular flexibility index (Phi) is 3.84. The summed E-state index contributed by atoms with van der Waals surface area (Å²) in [6.45, 7) is 9.38. The van der Waals surface area contributed by atoms with Crippen LogP contribution in [0.4, 0.5) is 5.69 Å². The van der Waals surface area contributed by atoms with Crippen LogP contribution in [0.3, 0.4) is 0 Å². The van der Waals surface area contributed by atoms with Crippen LogP contribution in [0.5, 0.6) is 0 Å². The minimum absolute atomic E-state index is 0.170. The first-order valence-electron chi connectivity index (χ1n) is 6.53. The van der Waals surface area contributed by atoms with Gasteiger partial charge in [0, 0.05) is 39.3 Å². The first-order chi connectivity index (χ1) is 8.58. The maximum Gasteiger partial charge on any atom is 0.219 e. The molecule has 1 aliphatic heterocycles. The highest BCUT2D eigenvalue weighted by molar-refractivity contribution is 5.73. The zero-order chi connectivity index (χ0) is 13.1.